The summed E-state index contributed by atoms with van der Waals surface area (Å²) in [5.74, 6) is 0. The fourth-order valence-corrected chi connectivity index (χ4v) is 3.80. The lowest BCUT2D eigenvalue weighted by Crippen LogP contribution is -2.38. The van der Waals surface area contributed by atoms with E-state index >= 15 is 0 Å². The number of aromatic nitrogens is 1. The summed E-state index contributed by atoms with van der Waals surface area (Å²) >= 11 is 0. The molecule has 0 bridgehead atoms. The first-order chi connectivity index (χ1) is 15.0. The molecule has 0 radical (unpaired) electrons. The molecule has 0 spiro atoms. The van der Waals surface area contributed by atoms with E-state index in [1.165, 1.54) is 17.4 Å². The number of urea groups is 1. The average molecular weight is 457 g/mol. The van der Waals surface area contributed by atoms with Crippen molar-refractivity contribution in [1.29, 1.82) is 0 Å². The topological polar surface area (TPSA) is 50.4 Å². The van der Waals surface area contributed by atoms with Crippen LogP contribution in [-0.2, 0) is 18.9 Å². The molecule has 0 saturated heterocycles. The van der Waals surface area contributed by atoms with Gasteiger partial charge in [-0.05, 0) is 42.8 Å². The summed E-state index contributed by atoms with van der Waals surface area (Å²) in [6.45, 7) is 0.830. The average Bonchev–Trinajstić information content (AvgIpc) is 3.36. The minimum atomic E-state index is -5.01. The molecule has 1 aromatic carbocycles. The smallest absolute Gasteiger partial charge is 0.416 e. The van der Waals surface area contributed by atoms with E-state index in [0.29, 0.717) is 30.7 Å². The van der Waals surface area contributed by atoms with Crippen LogP contribution >= 0.6 is 0 Å². The van der Waals surface area contributed by atoms with Gasteiger partial charge >= 0.3 is 18.4 Å². The van der Waals surface area contributed by atoms with Crippen LogP contribution in [0.1, 0.15) is 34.8 Å². The number of carbonyl (C=O) groups excluding carboxylic acids is 1. The Labute approximate surface area is 178 Å². The fraction of sp³-hybridized carbons (Fsp3) is 0.286. The first kappa shape index (κ1) is 21.8. The van der Waals surface area contributed by atoms with E-state index in [4.69, 9.17) is 4.42 Å². The van der Waals surface area contributed by atoms with E-state index in [9.17, 15) is 31.1 Å². The van der Waals surface area contributed by atoms with E-state index in [-0.39, 0.29) is 12.6 Å². The maximum Gasteiger partial charge on any atom is 0.416 e. The van der Waals surface area contributed by atoms with Crippen LogP contribution in [0.4, 0.5) is 36.8 Å². The molecule has 1 N–H and O–H groups in total. The maximum absolute atomic E-state index is 13.2. The van der Waals surface area contributed by atoms with Gasteiger partial charge in [-0.2, -0.15) is 26.3 Å². The quantitative estimate of drug-likeness (QED) is 0.470. The molecule has 11 heteroatoms. The summed E-state index contributed by atoms with van der Waals surface area (Å²) in [6, 6.07) is 4.79. The summed E-state index contributed by atoms with van der Waals surface area (Å²) in [6.07, 6.45) is -4.77. The number of amides is 2. The number of hydrogen-bond donors (Lipinski definition) is 1. The van der Waals surface area contributed by atoms with Crippen molar-refractivity contribution in [2.45, 2.75) is 31.4 Å². The van der Waals surface area contributed by atoms with Crippen LogP contribution in [-0.4, -0.2) is 22.0 Å². The lowest BCUT2D eigenvalue weighted by Gasteiger charge is -2.30. The Balaban J connectivity index is 1.70. The molecule has 1 aliphatic rings. The maximum atomic E-state index is 13.2. The Kier molecular flexibility index (Phi) is 5.43. The first-order valence-corrected chi connectivity index (χ1v) is 9.58. The number of rotatable bonds is 2. The van der Waals surface area contributed by atoms with Crippen molar-refractivity contribution in [3.8, 4) is 0 Å². The van der Waals surface area contributed by atoms with Crippen molar-refractivity contribution >= 4 is 11.7 Å². The lowest BCUT2D eigenvalue weighted by atomic mass is 10.1. The number of halogens is 6. The van der Waals surface area contributed by atoms with Gasteiger partial charge in [0, 0.05) is 36.2 Å². The van der Waals surface area contributed by atoms with E-state index in [1.54, 1.807) is 18.2 Å². The van der Waals surface area contributed by atoms with Crippen molar-refractivity contribution in [2.24, 2.45) is 0 Å². The summed E-state index contributed by atoms with van der Waals surface area (Å²) in [4.78, 5) is 14.5. The van der Waals surface area contributed by atoms with Gasteiger partial charge in [0.05, 0.1) is 23.7 Å². The molecule has 3 heterocycles. The highest BCUT2D eigenvalue weighted by atomic mass is 19.4. The minimum Gasteiger partial charge on any atom is -0.472 e. The third-order valence-electron chi connectivity index (χ3n) is 5.21. The fourth-order valence-electron chi connectivity index (χ4n) is 3.80. The molecule has 1 atom stereocenters. The number of nitrogens with one attached hydrogen (secondary N) is 1. The second-order valence-corrected chi connectivity index (χ2v) is 7.36. The molecular formula is C21H17F6N3O2. The number of alkyl halides is 6. The third kappa shape index (κ3) is 4.32. The summed E-state index contributed by atoms with van der Waals surface area (Å²) < 4.78 is 86.0. The highest BCUT2D eigenvalue weighted by Crippen LogP contribution is 2.38. The number of fused-ring (bicyclic) bond motifs is 1. The number of aryl methyl sites for hydroxylation is 1. The van der Waals surface area contributed by atoms with Gasteiger partial charge in [0.25, 0.3) is 0 Å². The van der Waals surface area contributed by atoms with Crippen LogP contribution in [0.15, 0.2) is 59.5 Å². The van der Waals surface area contributed by atoms with E-state index in [2.05, 4.69) is 5.32 Å². The molecule has 4 rings (SSSR count). The molecule has 2 aromatic heterocycles. The number of hydrogen-bond acceptors (Lipinski definition) is 2. The zero-order valence-corrected chi connectivity index (χ0v) is 16.4. The predicted octanol–water partition coefficient (Wildman–Crippen LogP) is 6.15. The molecule has 3 aromatic rings. The largest absolute Gasteiger partial charge is 0.472 e. The van der Waals surface area contributed by atoms with Gasteiger partial charge in [0.1, 0.15) is 6.04 Å². The standard InChI is InChI=1S/C21H17F6N3O2/c22-20(23,24)14-9-15(21(25,26)27)11-16(10-14)28-19(31)30-7-2-6-29-5-1-3-17(29)18(30)13-4-8-32-12-13/h1,3-5,8-12,18H,2,6-7H2,(H,28,31). The second-order valence-electron chi connectivity index (χ2n) is 7.36. The number of anilines is 1. The van der Waals surface area contributed by atoms with Gasteiger partial charge in [-0.1, -0.05) is 0 Å². The first-order valence-electron chi connectivity index (χ1n) is 9.58. The van der Waals surface area contributed by atoms with Crippen LogP contribution in [0.5, 0.6) is 0 Å². The zero-order chi connectivity index (χ0) is 23.1. The number of nitrogens with zero attached hydrogens (tertiary/aromatic N) is 2. The van der Waals surface area contributed by atoms with Gasteiger partial charge in [-0.15, -0.1) is 0 Å². The van der Waals surface area contributed by atoms with Crippen LogP contribution in [0.3, 0.4) is 0 Å². The highest BCUT2D eigenvalue weighted by molar-refractivity contribution is 5.90. The predicted molar refractivity (Wildman–Crippen MR) is 102 cm³/mol. The number of furan rings is 1. The SMILES string of the molecule is O=C(Nc1cc(C(F)(F)F)cc(C(F)(F)F)c1)N1CCCn2cccc2C1c1ccoc1. The molecule has 0 aliphatic carbocycles. The Morgan fingerprint density at radius 2 is 1.69 bits per heavy atom. The zero-order valence-electron chi connectivity index (χ0n) is 16.4. The van der Waals surface area contributed by atoms with E-state index < -0.39 is 41.2 Å². The Morgan fingerprint density at radius 1 is 1.00 bits per heavy atom. The van der Waals surface area contributed by atoms with Crippen molar-refractivity contribution in [3.05, 3.63) is 77.5 Å². The molecule has 0 fully saturated rings. The molecule has 32 heavy (non-hydrogen) atoms. The van der Waals surface area contributed by atoms with Gasteiger partial charge < -0.3 is 19.2 Å². The summed E-state index contributed by atoms with van der Waals surface area (Å²) in [5, 5.41) is 2.23. The van der Waals surface area contributed by atoms with Gasteiger partial charge in [-0.25, -0.2) is 4.79 Å². The summed E-state index contributed by atoms with van der Waals surface area (Å²) in [7, 11) is 0. The Hall–Kier alpha value is -3.37. The second kappa shape index (κ2) is 7.95. The Morgan fingerprint density at radius 3 is 2.28 bits per heavy atom. The minimum absolute atomic E-state index is 0.0166. The monoisotopic (exact) mass is 457 g/mol. The molecular weight excluding hydrogens is 440 g/mol. The van der Waals surface area contributed by atoms with Crippen molar-refractivity contribution < 1.29 is 35.6 Å². The summed E-state index contributed by atoms with van der Waals surface area (Å²) in [5.41, 5.74) is -2.22. The normalized spacial score (nSPS) is 17.1. The molecule has 170 valence electrons. The highest BCUT2D eigenvalue weighted by Gasteiger charge is 2.38. The van der Waals surface area contributed by atoms with E-state index in [1.807, 2.05) is 10.8 Å². The van der Waals surface area contributed by atoms with Gasteiger partial charge in [-0.3, -0.25) is 0 Å². The molecule has 1 unspecified atom stereocenters. The van der Waals surface area contributed by atoms with E-state index in [0.717, 1.165) is 5.69 Å². The third-order valence-corrected chi connectivity index (χ3v) is 5.21. The van der Waals surface area contributed by atoms with Gasteiger partial charge in [0.2, 0.25) is 0 Å². The van der Waals surface area contributed by atoms with Crippen LogP contribution in [0.25, 0.3) is 0 Å². The number of carbonyl (C=O) groups is 1. The van der Waals surface area contributed by atoms with Crippen LogP contribution in [0, 0.1) is 0 Å². The molecule has 1 aliphatic heterocycles. The Bertz CT molecular complexity index is 1070. The van der Waals surface area contributed by atoms with Gasteiger partial charge in [0.15, 0.2) is 0 Å². The number of benzene rings is 1. The molecule has 5 nitrogen and oxygen atoms in total. The van der Waals surface area contributed by atoms with Crippen LogP contribution < -0.4 is 5.32 Å². The van der Waals surface area contributed by atoms with Crippen molar-refractivity contribution in [1.82, 2.24) is 9.47 Å². The van der Waals surface area contributed by atoms with Crippen molar-refractivity contribution in [3.63, 3.8) is 0 Å². The van der Waals surface area contributed by atoms with Crippen molar-refractivity contribution in [2.75, 3.05) is 11.9 Å². The molecule has 0 saturated carbocycles. The lowest BCUT2D eigenvalue weighted by molar-refractivity contribution is -0.143. The van der Waals surface area contributed by atoms with Crippen LogP contribution in [0.2, 0.25) is 0 Å². The molecule has 2 amide bonds.